The third kappa shape index (κ3) is 4.28. The minimum absolute atomic E-state index is 0.207. The van der Waals surface area contributed by atoms with Crippen LogP contribution in [0.4, 0.5) is 10.1 Å². The topological polar surface area (TPSA) is 58.6 Å². The molecule has 0 fully saturated rings. The van der Waals surface area contributed by atoms with E-state index in [1.165, 1.54) is 29.2 Å². The van der Waals surface area contributed by atoms with Gasteiger partial charge in [-0.05, 0) is 55.7 Å². The Bertz CT molecular complexity index is 906. The molecule has 146 valence electrons. The molecule has 0 saturated carbocycles. The molecule has 5 nitrogen and oxygen atoms in total. The monoisotopic (exact) mass is 382 g/mol. The van der Waals surface area contributed by atoms with Crippen LogP contribution in [0.5, 0.6) is 0 Å². The Morgan fingerprint density at radius 3 is 2.50 bits per heavy atom. The molecule has 1 heterocycles. The summed E-state index contributed by atoms with van der Waals surface area (Å²) < 4.78 is 18.6. The molecule has 0 aromatic heterocycles. The molecule has 1 N–H and O–H groups in total. The van der Waals surface area contributed by atoms with Crippen molar-refractivity contribution in [2.45, 2.75) is 20.3 Å². The Labute approximate surface area is 163 Å². The van der Waals surface area contributed by atoms with Gasteiger partial charge in [-0.1, -0.05) is 24.3 Å². The molecule has 1 aliphatic rings. The average Bonchev–Trinajstić information content (AvgIpc) is 2.90. The van der Waals surface area contributed by atoms with E-state index in [1.54, 1.807) is 0 Å². The minimum atomic E-state index is -0.400. The fourth-order valence-electron chi connectivity index (χ4n) is 3.12. The van der Waals surface area contributed by atoms with Crippen LogP contribution < -0.4 is 5.32 Å². The number of nitrogens with zero attached hydrogens (tertiary/aromatic N) is 1. The van der Waals surface area contributed by atoms with Gasteiger partial charge in [0, 0.05) is 25.4 Å². The fourth-order valence-corrected chi connectivity index (χ4v) is 3.12. The Morgan fingerprint density at radius 1 is 1.07 bits per heavy atom. The summed E-state index contributed by atoms with van der Waals surface area (Å²) in [5.74, 6) is -1.17. The highest BCUT2D eigenvalue weighted by molar-refractivity contribution is 6.36. The van der Waals surface area contributed by atoms with Crippen LogP contribution >= 0.6 is 0 Å². The van der Waals surface area contributed by atoms with Gasteiger partial charge in [0.15, 0.2) is 0 Å². The number of halogens is 1. The molecule has 0 bridgehead atoms. The number of imide groups is 1. The average molecular weight is 382 g/mol. The van der Waals surface area contributed by atoms with E-state index in [0.717, 1.165) is 5.56 Å². The van der Waals surface area contributed by atoms with Crippen LogP contribution in [-0.4, -0.2) is 36.5 Å². The number of benzene rings is 2. The Balaban J connectivity index is 1.93. The molecule has 6 heteroatoms. The number of carbonyl (C=O) groups is 2. The zero-order valence-corrected chi connectivity index (χ0v) is 16.0. The molecule has 2 aromatic rings. The quantitative estimate of drug-likeness (QED) is 0.558. The fraction of sp³-hybridized carbons (Fsp3) is 0.273. The van der Waals surface area contributed by atoms with Crippen LogP contribution in [0.25, 0.3) is 5.57 Å². The molecule has 1 aliphatic heterocycles. The largest absolute Gasteiger partial charge is 0.382 e. The van der Waals surface area contributed by atoms with Crippen molar-refractivity contribution in [3.63, 3.8) is 0 Å². The maximum atomic E-state index is 13.3. The van der Waals surface area contributed by atoms with Crippen molar-refractivity contribution in [1.82, 2.24) is 4.90 Å². The molecule has 28 heavy (non-hydrogen) atoms. The first kappa shape index (κ1) is 19.8. The molecular weight excluding hydrogens is 359 g/mol. The van der Waals surface area contributed by atoms with Gasteiger partial charge < -0.3 is 10.1 Å². The van der Waals surface area contributed by atoms with Crippen LogP contribution in [0.3, 0.4) is 0 Å². The number of carbonyl (C=O) groups excluding carboxylic acids is 2. The van der Waals surface area contributed by atoms with E-state index in [0.29, 0.717) is 30.9 Å². The third-order valence-corrected chi connectivity index (χ3v) is 4.46. The van der Waals surface area contributed by atoms with E-state index in [9.17, 15) is 14.0 Å². The molecule has 2 aromatic carbocycles. The van der Waals surface area contributed by atoms with Crippen molar-refractivity contribution >= 4 is 23.1 Å². The van der Waals surface area contributed by atoms with Crippen molar-refractivity contribution in [3.8, 4) is 0 Å². The molecular formula is C22H23FN2O3. The highest BCUT2D eigenvalue weighted by atomic mass is 19.1. The molecule has 0 aliphatic carbocycles. The first-order chi connectivity index (χ1) is 13.5. The first-order valence-electron chi connectivity index (χ1n) is 9.29. The maximum Gasteiger partial charge on any atom is 0.278 e. The second-order valence-corrected chi connectivity index (χ2v) is 6.56. The SMILES string of the molecule is CCOCCCN1C(=O)C(Nc2cccc(C)c2)=C(c2ccc(F)cc2)C1=O. The zero-order valence-electron chi connectivity index (χ0n) is 16.0. The van der Waals surface area contributed by atoms with E-state index in [4.69, 9.17) is 4.74 Å². The van der Waals surface area contributed by atoms with Crippen molar-refractivity contribution < 1.29 is 18.7 Å². The normalized spacial score (nSPS) is 14.2. The summed E-state index contributed by atoms with van der Waals surface area (Å²) in [6.45, 7) is 5.16. The molecule has 0 atom stereocenters. The zero-order chi connectivity index (χ0) is 20.1. The van der Waals surface area contributed by atoms with Gasteiger partial charge in [-0.25, -0.2) is 4.39 Å². The second-order valence-electron chi connectivity index (χ2n) is 6.56. The standard InChI is InChI=1S/C22H23FN2O3/c1-3-28-13-5-12-25-21(26)19(16-8-10-17(23)11-9-16)20(22(25)27)24-18-7-4-6-15(2)14-18/h4,6-11,14,24H,3,5,12-13H2,1-2H3. The summed E-state index contributed by atoms with van der Waals surface area (Å²) in [7, 11) is 0. The van der Waals surface area contributed by atoms with E-state index < -0.39 is 5.82 Å². The van der Waals surface area contributed by atoms with E-state index in [1.807, 2.05) is 38.1 Å². The summed E-state index contributed by atoms with van der Waals surface area (Å²) in [4.78, 5) is 27.2. The van der Waals surface area contributed by atoms with E-state index in [-0.39, 0.29) is 29.6 Å². The highest BCUT2D eigenvalue weighted by Gasteiger charge is 2.38. The molecule has 0 unspecified atom stereocenters. The number of aryl methyl sites for hydroxylation is 1. The van der Waals surface area contributed by atoms with Gasteiger partial charge in [0.25, 0.3) is 11.8 Å². The predicted molar refractivity (Wildman–Crippen MR) is 106 cm³/mol. The highest BCUT2D eigenvalue weighted by Crippen LogP contribution is 2.30. The lowest BCUT2D eigenvalue weighted by atomic mass is 10.0. The lowest BCUT2D eigenvalue weighted by molar-refractivity contribution is -0.137. The summed E-state index contributed by atoms with van der Waals surface area (Å²) in [5, 5.41) is 3.10. The van der Waals surface area contributed by atoms with Gasteiger partial charge in [-0.2, -0.15) is 0 Å². The number of hydrogen-bond acceptors (Lipinski definition) is 4. The predicted octanol–water partition coefficient (Wildman–Crippen LogP) is 3.75. The van der Waals surface area contributed by atoms with Crippen molar-refractivity contribution in [2.24, 2.45) is 0 Å². The number of hydrogen-bond donors (Lipinski definition) is 1. The van der Waals surface area contributed by atoms with Crippen molar-refractivity contribution in [2.75, 3.05) is 25.1 Å². The Hall–Kier alpha value is -2.99. The molecule has 0 saturated heterocycles. The van der Waals surface area contributed by atoms with Crippen LogP contribution in [0.2, 0.25) is 0 Å². The minimum Gasteiger partial charge on any atom is -0.382 e. The third-order valence-electron chi connectivity index (χ3n) is 4.46. The molecule has 2 amide bonds. The van der Waals surface area contributed by atoms with Crippen molar-refractivity contribution in [1.29, 1.82) is 0 Å². The van der Waals surface area contributed by atoms with Gasteiger partial charge in [0.1, 0.15) is 11.5 Å². The maximum absolute atomic E-state index is 13.3. The van der Waals surface area contributed by atoms with Gasteiger partial charge >= 0.3 is 0 Å². The van der Waals surface area contributed by atoms with Crippen LogP contribution in [0, 0.1) is 12.7 Å². The summed E-state index contributed by atoms with van der Waals surface area (Å²) in [5.41, 5.74) is 2.70. The van der Waals surface area contributed by atoms with Gasteiger partial charge in [0.05, 0.1) is 5.57 Å². The smallest absolute Gasteiger partial charge is 0.278 e. The molecule has 3 rings (SSSR count). The van der Waals surface area contributed by atoms with Crippen LogP contribution in [0.15, 0.2) is 54.2 Å². The lowest BCUT2D eigenvalue weighted by Crippen LogP contribution is -2.34. The summed E-state index contributed by atoms with van der Waals surface area (Å²) in [6.07, 6.45) is 0.555. The summed E-state index contributed by atoms with van der Waals surface area (Å²) in [6, 6.07) is 13.1. The van der Waals surface area contributed by atoms with E-state index in [2.05, 4.69) is 5.32 Å². The number of nitrogens with one attached hydrogen (secondary N) is 1. The Kier molecular flexibility index (Phi) is 6.21. The van der Waals surface area contributed by atoms with Crippen LogP contribution in [-0.2, 0) is 14.3 Å². The van der Waals surface area contributed by atoms with Gasteiger partial charge in [-0.3, -0.25) is 14.5 Å². The second kappa shape index (κ2) is 8.80. The van der Waals surface area contributed by atoms with Gasteiger partial charge in [0.2, 0.25) is 0 Å². The molecule has 0 spiro atoms. The number of ether oxygens (including phenoxy) is 1. The Morgan fingerprint density at radius 2 is 1.82 bits per heavy atom. The number of rotatable bonds is 8. The van der Waals surface area contributed by atoms with Gasteiger partial charge in [-0.15, -0.1) is 0 Å². The van der Waals surface area contributed by atoms with Crippen molar-refractivity contribution in [3.05, 3.63) is 71.2 Å². The number of amides is 2. The molecule has 0 radical (unpaired) electrons. The lowest BCUT2D eigenvalue weighted by Gasteiger charge is -2.15. The number of anilines is 1. The summed E-state index contributed by atoms with van der Waals surface area (Å²) >= 11 is 0. The first-order valence-corrected chi connectivity index (χ1v) is 9.29. The van der Waals surface area contributed by atoms with Crippen LogP contribution in [0.1, 0.15) is 24.5 Å². The van der Waals surface area contributed by atoms with E-state index >= 15 is 0 Å².